The molecule has 3 N–H and O–H groups in total. The summed E-state index contributed by atoms with van der Waals surface area (Å²) in [5.41, 5.74) is 7.38. The van der Waals surface area contributed by atoms with E-state index >= 15 is 0 Å². The number of rotatable bonds is 4. The van der Waals surface area contributed by atoms with Crippen LogP contribution in [0.25, 0.3) is 11.5 Å². The lowest BCUT2D eigenvalue weighted by atomic mass is 10.1. The fourth-order valence-electron chi connectivity index (χ4n) is 1.57. The Morgan fingerprint density at radius 1 is 1.50 bits per heavy atom. The molecule has 0 aliphatic rings. The molecule has 1 amide bonds. The molecule has 94 valence electrons. The summed E-state index contributed by atoms with van der Waals surface area (Å²) in [6.07, 6.45) is 0.782. The first-order valence-electron chi connectivity index (χ1n) is 5.59. The summed E-state index contributed by atoms with van der Waals surface area (Å²) in [6, 6.07) is 7.64. The summed E-state index contributed by atoms with van der Waals surface area (Å²) in [4.78, 5) is 15.3. The first-order chi connectivity index (χ1) is 8.74. The third kappa shape index (κ3) is 2.54. The summed E-state index contributed by atoms with van der Waals surface area (Å²) in [5, 5.41) is 6.05. The van der Waals surface area contributed by atoms with Gasteiger partial charge in [0.25, 0.3) is 17.6 Å². The van der Waals surface area contributed by atoms with Crippen molar-refractivity contribution in [2.24, 2.45) is 5.73 Å². The Balaban J connectivity index is 2.28. The summed E-state index contributed by atoms with van der Waals surface area (Å²) in [5.74, 6) is -0.0210. The van der Waals surface area contributed by atoms with Crippen molar-refractivity contribution in [1.29, 1.82) is 0 Å². The quantitative estimate of drug-likeness (QED) is 0.823. The number of nitrogens with zero attached hydrogens (tertiary/aromatic N) is 2. The van der Waals surface area contributed by atoms with E-state index in [9.17, 15) is 4.79 Å². The second-order valence-corrected chi connectivity index (χ2v) is 3.74. The van der Waals surface area contributed by atoms with Crippen LogP contribution in [0, 0.1) is 0 Å². The van der Waals surface area contributed by atoms with Gasteiger partial charge in [-0.25, -0.2) is 0 Å². The average molecular weight is 246 g/mol. The molecule has 2 rings (SSSR count). The predicted octanol–water partition coefficient (Wildman–Crippen LogP) is 0.597. The van der Waals surface area contributed by atoms with Crippen LogP contribution in [-0.4, -0.2) is 29.6 Å². The van der Waals surface area contributed by atoms with Gasteiger partial charge in [0.1, 0.15) is 0 Å². The number of nitrogens with two attached hydrogens (primary N) is 1. The maximum Gasteiger partial charge on any atom is 0.292 e. The number of hydrogen-bond donors (Lipinski definition) is 2. The molecule has 6 heteroatoms. The number of benzene rings is 1. The highest BCUT2D eigenvalue weighted by Crippen LogP contribution is 2.18. The molecule has 0 aliphatic carbocycles. The molecule has 0 fully saturated rings. The van der Waals surface area contributed by atoms with E-state index in [1.54, 1.807) is 0 Å². The molecular formula is C12H14N4O2. The average Bonchev–Trinajstić information content (AvgIpc) is 2.88. The Hall–Kier alpha value is -2.21. The van der Waals surface area contributed by atoms with Gasteiger partial charge in [-0.2, -0.15) is 4.98 Å². The van der Waals surface area contributed by atoms with E-state index in [1.807, 2.05) is 24.3 Å². The minimum absolute atomic E-state index is 0.0247. The number of carbonyl (C=O) groups excluding carboxylic acids is 1. The zero-order valence-electron chi connectivity index (χ0n) is 10.0. The largest absolute Gasteiger partial charge is 0.352 e. The lowest BCUT2D eigenvalue weighted by Crippen LogP contribution is -2.19. The van der Waals surface area contributed by atoms with E-state index < -0.39 is 0 Å². The Bertz CT molecular complexity index is 551. The Labute approximate surface area is 104 Å². The van der Waals surface area contributed by atoms with Crippen molar-refractivity contribution in [2.75, 3.05) is 13.6 Å². The van der Waals surface area contributed by atoms with Crippen LogP contribution in [0.4, 0.5) is 0 Å². The predicted molar refractivity (Wildman–Crippen MR) is 65.9 cm³/mol. The smallest absolute Gasteiger partial charge is 0.292 e. The lowest BCUT2D eigenvalue weighted by molar-refractivity contribution is 0.0950. The summed E-state index contributed by atoms with van der Waals surface area (Å²) >= 11 is 0. The molecule has 0 spiro atoms. The van der Waals surface area contributed by atoms with Crippen LogP contribution < -0.4 is 11.1 Å². The maximum atomic E-state index is 11.3. The van der Waals surface area contributed by atoms with Crippen LogP contribution in [0.5, 0.6) is 0 Å². The number of carbonyl (C=O) groups is 1. The van der Waals surface area contributed by atoms with Crippen LogP contribution in [0.15, 0.2) is 28.8 Å². The number of aromatic nitrogens is 2. The summed E-state index contributed by atoms with van der Waals surface area (Å²) < 4.78 is 5.05. The Morgan fingerprint density at radius 3 is 3.06 bits per heavy atom. The molecule has 0 bridgehead atoms. The fraction of sp³-hybridized carbons (Fsp3) is 0.250. The molecule has 0 saturated heterocycles. The third-order valence-electron chi connectivity index (χ3n) is 2.46. The van der Waals surface area contributed by atoms with Crippen LogP contribution >= 0.6 is 0 Å². The van der Waals surface area contributed by atoms with Gasteiger partial charge in [0.05, 0.1) is 0 Å². The van der Waals surface area contributed by atoms with Gasteiger partial charge in [0.2, 0.25) is 0 Å². The highest BCUT2D eigenvalue weighted by atomic mass is 16.5. The van der Waals surface area contributed by atoms with Gasteiger partial charge in [-0.3, -0.25) is 4.79 Å². The van der Waals surface area contributed by atoms with E-state index in [0.717, 1.165) is 17.5 Å². The highest BCUT2D eigenvalue weighted by Gasteiger charge is 2.14. The zero-order chi connectivity index (χ0) is 13.0. The Morgan fingerprint density at radius 2 is 2.33 bits per heavy atom. The van der Waals surface area contributed by atoms with Crippen LogP contribution in [-0.2, 0) is 6.42 Å². The highest BCUT2D eigenvalue weighted by molar-refractivity contribution is 5.90. The van der Waals surface area contributed by atoms with Crippen molar-refractivity contribution in [3.63, 3.8) is 0 Å². The van der Waals surface area contributed by atoms with E-state index in [2.05, 4.69) is 15.5 Å². The second-order valence-electron chi connectivity index (χ2n) is 3.74. The van der Waals surface area contributed by atoms with Crippen molar-refractivity contribution in [1.82, 2.24) is 15.5 Å². The van der Waals surface area contributed by atoms with E-state index in [4.69, 9.17) is 10.3 Å². The van der Waals surface area contributed by atoms with Crippen molar-refractivity contribution < 1.29 is 9.32 Å². The molecule has 2 aromatic rings. The molecule has 0 unspecified atom stereocenters. The van der Waals surface area contributed by atoms with Gasteiger partial charge in [-0.15, -0.1) is 0 Å². The summed E-state index contributed by atoms with van der Waals surface area (Å²) in [6.45, 7) is 0.580. The molecule has 1 aromatic carbocycles. The van der Waals surface area contributed by atoms with E-state index in [1.165, 1.54) is 7.05 Å². The van der Waals surface area contributed by atoms with Crippen molar-refractivity contribution in [2.45, 2.75) is 6.42 Å². The Kier molecular flexibility index (Phi) is 3.69. The molecule has 0 radical (unpaired) electrons. The molecule has 6 nitrogen and oxygen atoms in total. The number of amides is 1. The minimum atomic E-state index is -0.372. The third-order valence-corrected chi connectivity index (χ3v) is 2.46. The fourth-order valence-corrected chi connectivity index (χ4v) is 1.57. The first kappa shape index (κ1) is 12.3. The molecule has 1 aromatic heterocycles. The first-order valence-corrected chi connectivity index (χ1v) is 5.59. The van der Waals surface area contributed by atoms with Gasteiger partial charge in [0.15, 0.2) is 0 Å². The molecule has 1 heterocycles. The van der Waals surface area contributed by atoms with Crippen molar-refractivity contribution >= 4 is 5.91 Å². The minimum Gasteiger partial charge on any atom is -0.352 e. The molecule has 18 heavy (non-hydrogen) atoms. The molecule has 0 aliphatic heterocycles. The lowest BCUT2D eigenvalue weighted by Gasteiger charge is -1.99. The standard InChI is InChI=1S/C12H14N4O2/c1-14-11(17)10-15-12(18-16-10)9-4-2-3-8(7-9)5-6-13/h2-4,7H,5-6,13H2,1H3,(H,14,17). The zero-order valence-corrected chi connectivity index (χ0v) is 10.0. The van der Waals surface area contributed by atoms with E-state index in [0.29, 0.717) is 12.4 Å². The number of nitrogens with one attached hydrogen (secondary N) is 1. The molecule has 0 saturated carbocycles. The van der Waals surface area contributed by atoms with Gasteiger partial charge >= 0.3 is 0 Å². The maximum absolute atomic E-state index is 11.3. The normalized spacial score (nSPS) is 10.3. The van der Waals surface area contributed by atoms with Gasteiger partial charge in [-0.1, -0.05) is 17.3 Å². The topological polar surface area (TPSA) is 94.0 Å². The van der Waals surface area contributed by atoms with Crippen LogP contribution in [0.1, 0.15) is 16.2 Å². The molecular weight excluding hydrogens is 232 g/mol. The number of hydrogen-bond acceptors (Lipinski definition) is 5. The van der Waals surface area contributed by atoms with Crippen molar-refractivity contribution in [3.8, 4) is 11.5 Å². The van der Waals surface area contributed by atoms with Gasteiger partial charge in [-0.05, 0) is 30.7 Å². The molecule has 0 atom stereocenters. The van der Waals surface area contributed by atoms with E-state index in [-0.39, 0.29) is 11.7 Å². The van der Waals surface area contributed by atoms with Crippen LogP contribution in [0.2, 0.25) is 0 Å². The van der Waals surface area contributed by atoms with Gasteiger partial charge < -0.3 is 15.6 Å². The van der Waals surface area contributed by atoms with Crippen molar-refractivity contribution in [3.05, 3.63) is 35.7 Å². The monoisotopic (exact) mass is 246 g/mol. The van der Waals surface area contributed by atoms with Gasteiger partial charge in [0, 0.05) is 12.6 Å². The summed E-state index contributed by atoms with van der Waals surface area (Å²) in [7, 11) is 1.51. The SMILES string of the molecule is CNC(=O)c1noc(-c2cccc(CCN)c2)n1. The second kappa shape index (κ2) is 5.42. The van der Waals surface area contributed by atoms with Crippen LogP contribution in [0.3, 0.4) is 0 Å².